The SMILES string of the molecule is CC(NC(=O)N(C)C(C)C(=O)O)C1CC2CCC1C2. The van der Waals surface area contributed by atoms with E-state index in [1.807, 2.05) is 6.92 Å². The zero-order chi connectivity index (χ0) is 14.2. The van der Waals surface area contributed by atoms with E-state index in [-0.39, 0.29) is 12.1 Å². The van der Waals surface area contributed by atoms with Gasteiger partial charge in [-0.15, -0.1) is 0 Å². The van der Waals surface area contributed by atoms with Gasteiger partial charge in [-0.25, -0.2) is 9.59 Å². The van der Waals surface area contributed by atoms with Gasteiger partial charge in [0.15, 0.2) is 0 Å². The number of carboxylic acid groups (broad SMARTS) is 1. The van der Waals surface area contributed by atoms with Gasteiger partial charge in [-0.3, -0.25) is 0 Å². The van der Waals surface area contributed by atoms with Crippen LogP contribution in [0.15, 0.2) is 0 Å². The fourth-order valence-electron chi connectivity index (χ4n) is 3.65. The second-order valence-electron chi connectivity index (χ2n) is 6.20. The van der Waals surface area contributed by atoms with Crippen LogP contribution in [0.5, 0.6) is 0 Å². The van der Waals surface area contributed by atoms with Crippen LogP contribution >= 0.6 is 0 Å². The minimum absolute atomic E-state index is 0.131. The van der Waals surface area contributed by atoms with Gasteiger partial charge >= 0.3 is 12.0 Å². The number of hydrogen-bond acceptors (Lipinski definition) is 2. The minimum Gasteiger partial charge on any atom is -0.480 e. The summed E-state index contributed by atoms with van der Waals surface area (Å²) in [5.41, 5.74) is 0. The van der Waals surface area contributed by atoms with E-state index >= 15 is 0 Å². The molecular weight excluding hydrogens is 244 g/mol. The molecule has 2 rings (SSSR count). The average molecular weight is 268 g/mol. The molecule has 2 saturated carbocycles. The van der Waals surface area contributed by atoms with E-state index in [1.165, 1.54) is 44.6 Å². The molecule has 0 spiro atoms. The molecular formula is C14H24N2O3. The van der Waals surface area contributed by atoms with Gasteiger partial charge in [0.1, 0.15) is 6.04 Å². The Morgan fingerprint density at radius 1 is 1.26 bits per heavy atom. The van der Waals surface area contributed by atoms with E-state index < -0.39 is 12.0 Å². The predicted octanol–water partition coefficient (Wildman–Crippen LogP) is 1.93. The Labute approximate surface area is 114 Å². The molecule has 0 aromatic rings. The highest BCUT2D eigenvalue weighted by Gasteiger charge is 2.42. The Bertz CT molecular complexity index is 372. The molecule has 0 aliphatic heterocycles. The summed E-state index contributed by atoms with van der Waals surface area (Å²) in [6, 6.07) is -0.955. The van der Waals surface area contributed by atoms with E-state index in [0.29, 0.717) is 5.92 Å². The molecule has 19 heavy (non-hydrogen) atoms. The molecule has 0 aromatic carbocycles. The molecule has 0 saturated heterocycles. The number of rotatable bonds is 4. The van der Waals surface area contributed by atoms with Crippen LogP contribution in [-0.2, 0) is 4.79 Å². The number of nitrogens with one attached hydrogen (secondary N) is 1. The monoisotopic (exact) mass is 268 g/mol. The Kier molecular flexibility index (Phi) is 4.02. The van der Waals surface area contributed by atoms with Crippen molar-refractivity contribution in [2.75, 3.05) is 7.05 Å². The van der Waals surface area contributed by atoms with Crippen LogP contribution in [0.2, 0.25) is 0 Å². The quantitative estimate of drug-likeness (QED) is 0.818. The van der Waals surface area contributed by atoms with Crippen LogP contribution in [0, 0.1) is 17.8 Å². The van der Waals surface area contributed by atoms with Gasteiger partial charge in [0.25, 0.3) is 0 Å². The maximum absolute atomic E-state index is 12.0. The second-order valence-corrected chi connectivity index (χ2v) is 6.20. The third-order valence-electron chi connectivity index (χ3n) is 5.04. The molecule has 2 fully saturated rings. The molecule has 5 nitrogen and oxygen atoms in total. The summed E-state index contributed by atoms with van der Waals surface area (Å²) < 4.78 is 0. The van der Waals surface area contributed by atoms with Gasteiger partial charge in [-0.2, -0.15) is 0 Å². The molecule has 0 aromatic heterocycles. The lowest BCUT2D eigenvalue weighted by Gasteiger charge is -2.31. The van der Waals surface area contributed by atoms with Gasteiger partial charge in [0.05, 0.1) is 0 Å². The highest BCUT2D eigenvalue weighted by atomic mass is 16.4. The fourth-order valence-corrected chi connectivity index (χ4v) is 3.65. The molecule has 0 radical (unpaired) electrons. The molecule has 108 valence electrons. The Morgan fingerprint density at radius 3 is 2.42 bits per heavy atom. The molecule has 2 N–H and O–H groups in total. The largest absolute Gasteiger partial charge is 0.480 e. The summed E-state index contributed by atoms with van der Waals surface area (Å²) in [5.74, 6) is 1.19. The first-order valence-corrected chi connectivity index (χ1v) is 7.16. The number of likely N-dealkylation sites (N-methyl/N-ethyl adjacent to an activating group) is 1. The summed E-state index contributed by atoms with van der Waals surface area (Å²) in [7, 11) is 1.53. The lowest BCUT2D eigenvalue weighted by atomic mass is 9.84. The minimum atomic E-state index is -0.981. The highest BCUT2D eigenvalue weighted by Crippen LogP contribution is 2.49. The van der Waals surface area contributed by atoms with Crippen LogP contribution in [0.1, 0.15) is 39.5 Å². The summed E-state index contributed by atoms with van der Waals surface area (Å²) >= 11 is 0. The standard InChI is InChI=1S/C14H24N2O3/c1-8(12-7-10-4-5-11(12)6-10)15-14(19)16(3)9(2)13(17)18/h8-12H,4-7H2,1-3H3,(H,15,19)(H,17,18). The maximum atomic E-state index is 12.0. The first-order valence-electron chi connectivity index (χ1n) is 7.16. The van der Waals surface area contributed by atoms with Gasteiger partial charge in [-0.1, -0.05) is 6.42 Å². The lowest BCUT2D eigenvalue weighted by molar-refractivity contribution is -0.141. The van der Waals surface area contributed by atoms with Crippen molar-refractivity contribution in [3.63, 3.8) is 0 Å². The Hall–Kier alpha value is -1.26. The van der Waals surface area contributed by atoms with Crippen molar-refractivity contribution in [3.05, 3.63) is 0 Å². The summed E-state index contributed by atoms with van der Waals surface area (Å²) in [4.78, 5) is 24.1. The zero-order valence-electron chi connectivity index (χ0n) is 11.9. The van der Waals surface area contributed by atoms with Crippen LogP contribution in [0.25, 0.3) is 0 Å². The van der Waals surface area contributed by atoms with E-state index in [1.54, 1.807) is 0 Å². The fraction of sp³-hybridized carbons (Fsp3) is 0.857. The van der Waals surface area contributed by atoms with Crippen molar-refractivity contribution < 1.29 is 14.7 Å². The van der Waals surface area contributed by atoms with Crippen molar-refractivity contribution in [1.29, 1.82) is 0 Å². The van der Waals surface area contributed by atoms with E-state index in [4.69, 9.17) is 5.11 Å². The third kappa shape index (κ3) is 2.85. The van der Waals surface area contributed by atoms with Crippen LogP contribution < -0.4 is 5.32 Å². The van der Waals surface area contributed by atoms with E-state index in [2.05, 4.69) is 5.32 Å². The number of carbonyl (C=O) groups excluding carboxylic acids is 1. The maximum Gasteiger partial charge on any atom is 0.326 e. The Morgan fingerprint density at radius 2 is 1.95 bits per heavy atom. The number of hydrogen-bond donors (Lipinski definition) is 2. The van der Waals surface area contributed by atoms with Crippen molar-refractivity contribution in [3.8, 4) is 0 Å². The molecule has 5 heteroatoms. The smallest absolute Gasteiger partial charge is 0.326 e. The van der Waals surface area contributed by atoms with Crippen molar-refractivity contribution >= 4 is 12.0 Å². The predicted molar refractivity (Wildman–Crippen MR) is 71.8 cm³/mol. The summed E-state index contributed by atoms with van der Waals surface area (Å²) in [6.45, 7) is 3.56. The van der Waals surface area contributed by atoms with Crippen molar-refractivity contribution in [1.82, 2.24) is 10.2 Å². The van der Waals surface area contributed by atoms with E-state index in [9.17, 15) is 9.59 Å². The molecule has 2 aliphatic carbocycles. The van der Waals surface area contributed by atoms with Gasteiger partial charge in [-0.05, 0) is 50.9 Å². The number of amides is 2. The molecule has 2 amide bonds. The summed E-state index contributed by atoms with van der Waals surface area (Å²) in [6.07, 6.45) is 5.16. The Balaban J connectivity index is 1.86. The van der Waals surface area contributed by atoms with E-state index in [0.717, 1.165) is 11.8 Å². The average Bonchev–Trinajstić information content (AvgIpc) is 2.98. The van der Waals surface area contributed by atoms with Crippen LogP contribution in [0.4, 0.5) is 4.79 Å². The van der Waals surface area contributed by atoms with Crippen molar-refractivity contribution in [2.45, 2.75) is 51.6 Å². The molecule has 0 heterocycles. The van der Waals surface area contributed by atoms with Crippen LogP contribution in [-0.4, -0.2) is 41.1 Å². The first kappa shape index (κ1) is 14.2. The number of carbonyl (C=O) groups is 2. The zero-order valence-corrected chi connectivity index (χ0v) is 11.9. The molecule has 2 aliphatic rings. The number of fused-ring (bicyclic) bond motifs is 2. The van der Waals surface area contributed by atoms with Crippen LogP contribution in [0.3, 0.4) is 0 Å². The molecule has 5 atom stereocenters. The van der Waals surface area contributed by atoms with Gasteiger partial charge in [0, 0.05) is 13.1 Å². The first-order chi connectivity index (χ1) is 8.90. The number of nitrogens with zero attached hydrogens (tertiary/aromatic N) is 1. The normalized spacial score (nSPS) is 31.8. The number of urea groups is 1. The van der Waals surface area contributed by atoms with Crippen molar-refractivity contribution in [2.24, 2.45) is 17.8 Å². The topological polar surface area (TPSA) is 69.6 Å². The molecule has 5 unspecified atom stereocenters. The highest BCUT2D eigenvalue weighted by molar-refractivity contribution is 5.82. The number of carboxylic acids is 1. The third-order valence-corrected chi connectivity index (χ3v) is 5.04. The number of aliphatic carboxylic acids is 1. The molecule has 2 bridgehead atoms. The van der Waals surface area contributed by atoms with Gasteiger partial charge in [0.2, 0.25) is 0 Å². The van der Waals surface area contributed by atoms with Gasteiger partial charge < -0.3 is 15.3 Å². The second kappa shape index (κ2) is 5.39. The summed E-state index contributed by atoms with van der Waals surface area (Å²) in [5, 5.41) is 11.9. The lowest BCUT2D eigenvalue weighted by Crippen LogP contribution is -2.50.